The molecule has 2 aromatic heterocycles. The number of aromatic amines is 1. The monoisotopic (exact) mass is 236 g/mol. The molecule has 4 nitrogen and oxygen atoms in total. The third-order valence-electron chi connectivity index (χ3n) is 2.23. The number of aryl methyl sites for hydroxylation is 1. The van der Waals surface area contributed by atoms with Gasteiger partial charge in [0, 0.05) is 29.5 Å². The average Bonchev–Trinajstić information content (AvgIpc) is 2.86. The first-order valence-corrected chi connectivity index (χ1v) is 6.30. The minimum atomic E-state index is 0.796. The summed E-state index contributed by atoms with van der Waals surface area (Å²) in [5.74, 6) is 0.988. The first kappa shape index (κ1) is 11.3. The summed E-state index contributed by atoms with van der Waals surface area (Å²) in [4.78, 5) is 12.1. The van der Waals surface area contributed by atoms with Crippen molar-refractivity contribution < 1.29 is 0 Å². The molecule has 2 heterocycles. The minimum Gasteiger partial charge on any atom is -0.344 e. The fourth-order valence-corrected chi connectivity index (χ4v) is 2.25. The van der Waals surface area contributed by atoms with Crippen LogP contribution >= 0.6 is 11.3 Å². The highest BCUT2D eigenvalue weighted by Crippen LogP contribution is 2.12. The molecule has 0 atom stereocenters. The summed E-state index contributed by atoms with van der Waals surface area (Å²) in [6.07, 6.45) is 2.68. The van der Waals surface area contributed by atoms with Crippen molar-refractivity contribution in [2.24, 2.45) is 0 Å². The third-order valence-corrected chi connectivity index (χ3v) is 3.20. The molecule has 0 aliphatic rings. The molecule has 0 aromatic carbocycles. The molecular formula is C11H16N4S. The lowest BCUT2D eigenvalue weighted by atomic mass is 10.4. The molecule has 0 amide bonds. The van der Waals surface area contributed by atoms with Crippen molar-refractivity contribution in [3.63, 3.8) is 0 Å². The van der Waals surface area contributed by atoms with E-state index in [1.165, 1.54) is 0 Å². The maximum atomic E-state index is 4.42. The molecule has 86 valence electrons. The average molecular weight is 236 g/mol. The van der Waals surface area contributed by atoms with E-state index in [9.17, 15) is 0 Å². The number of nitrogens with one attached hydrogen (secondary N) is 2. The Labute approximate surface area is 99.2 Å². The van der Waals surface area contributed by atoms with E-state index in [0.717, 1.165) is 41.7 Å². The number of rotatable bonds is 5. The van der Waals surface area contributed by atoms with Gasteiger partial charge in [-0.1, -0.05) is 6.92 Å². The lowest BCUT2D eigenvalue weighted by molar-refractivity contribution is 0.712. The molecule has 0 aliphatic carbocycles. The Morgan fingerprint density at radius 1 is 1.50 bits per heavy atom. The molecule has 0 saturated heterocycles. The number of hydrogen-bond acceptors (Lipinski definition) is 4. The van der Waals surface area contributed by atoms with Crippen LogP contribution in [-0.2, 0) is 13.0 Å². The molecule has 2 N–H and O–H groups in total. The molecule has 0 unspecified atom stereocenters. The summed E-state index contributed by atoms with van der Waals surface area (Å²) in [5, 5.41) is 6.44. The maximum absolute atomic E-state index is 4.42. The molecule has 0 spiro atoms. The summed E-state index contributed by atoms with van der Waals surface area (Å²) in [5.41, 5.74) is 2.21. The Bertz CT molecular complexity index is 446. The van der Waals surface area contributed by atoms with Crippen LogP contribution in [0.1, 0.15) is 29.1 Å². The van der Waals surface area contributed by atoms with Gasteiger partial charge in [-0.2, -0.15) is 0 Å². The summed E-state index contributed by atoms with van der Waals surface area (Å²) < 4.78 is 0. The summed E-state index contributed by atoms with van der Waals surface area (Å²) in [6, 6.07) is 0. The van der Waals surface area contributed by atoms with Gasteiger partial charge < -0.3 is 10.3 Å². The fraction of sp³-hybridized carbons (Fsp3) is 0.455. The molecule has 0 radical (unpaired) electrons. The smallest absolute Gasteiger partial charge is 0.113 e. The van der Waals surface area contributed by atoms with Gasteiger partial charge in [0.1, 0.15) is 10.8 Å². The zero-order valence-electron chi connectivity index (χ0n) is 9.58. The van der Waals surface area contributed by atoms with Crippen LogP contribution in [0.3, 0.4) is 0 Å². The van der Waals surface area contributed by atoms with Gasteiger partial charge in [-0.15, -0.1) is 11.3 Å². The van der Waals surface area contributed by atoms with E-state index in [1.807, 2.05) is 13.1 Å². The van der Waals surface area contributed by atoms with Crippen molar-refractivity contribution in [2.45, 2.75) is 26.8 Å². The Kier molecular flexibility index (Phi) is 3.69. The number of imidazole rings is 1. The molecule has 2 aromatic rings. The lowest BCUT2D eigenvalue weighted by Gasteiger charge is -1.96. The van der Waals surface area contributed by atoms with Crippen molar-refractivity contribution in [1.82, 2.24) is 20.3 Å². The van der Waals surface area contributed by atoms with Gasteiger partial charge in [0.25, 0.3) is 0 Å². The van der Waals surface area contributed by atoms with E-state index < -0.39 is 0 Å². The predicted molar refractivity (Wildman–Crippen MR) is 65.6 cm³/mol. The molecular weight excluding hydrogens is 220 g/mol. The molecule has 0 fully saturated rings. The number of thiazole rings is 1. The molecule has 5 heteroatoms. The van der Waals surface area contributed by atoms with Gasteiger partial charge >= 0.3 is 0 Å². The molecule has 0 aliphatic heterocycles. The first-order valence-electron chi connectivity index (χ1n) is 5.42. The largest absolute Gasteiger partial charge is 0.344 e. The van der Waals surface area contributed by atoms with Crippen molar-refractivity contribution >= 4 is 11.3 Å². The van der Waals surface area contributed by atoms with Crippen LogP contribution < -0.4 is 5.32 Å². The van der Waals surface area contributed by atoms with E-state index in [-0.39, 0.29) is 0 Å². The highest BCUT2D eigenvalue weighted by Gasteiger charge is 2.04. The van der Waals surface area contributed by atoms with Crippen molar-refractivity contribution in [3.8, 4) is 0 Å². The maximum Gasteiger partial charge on any atom is 0.113 e. The highest BCUT2D eigenvalue weighted by molar-refractivity contribution is 7.09. The van der Waals surface area contributed by atoms with Gasteiger partial charge in [-0.05, 0) is 13.5 Å². The second-order valence-corrected chi connectivity index (χ2v) is 4.64. The van der Waals surface area contributed by atoms with E-state index in [2.05, 4.69) is 32.6 Å². The molecule has 0 bridgehead atoms. The lowest BCUT2D eigenvalue weighted by Crippen LogP contribution is -2.11. The van der Waals surface area contributed by atoms with E-state index in [4.69, 9.17) is 0 Å². The van der Waals surface area contributed by atoms with Gasteiger partial charge in [-0.25, -0.2) is 9.97 Å². The Morgan fingerprint density at radius 2 is 2.38 bits per heavy atom. The third kappa shape index (κ3) is 2.90. The molecule has 0 saturated carbocycles. The summed E-state index contributed by atoms with van der Waals surface area (Å²) >= 11 is 1.68. The topological polar surface area (TPSA) is 53.6 Å². The van der Waals surface area contributed by atoms with Crippen molar-refractivity contribution in [2.75, 3.05) is 6.54 Å². The molecule has 2 rings (SSSR count). The van der Waals surface area contributed by atoms with E-state index in [1.54, 1.807) is 11.3 Å². The quantitative estimate of drug-likeness (QED) is 0.833. The highest BCUT2D eigenvalue weighted by atomic mass is 32.1. The predicted octanol–water partition coefficient (Wildman–Crippen LogP) is 1.87. The van der Waals surface area contributed by atoms with Crippen LogP contribution in [0, 0.1) is 6.92 Å². The zero-order chi connectivity index (χ0) is 11.4. The SMILES string of the molecule is CCNCc1cnc(Cc2nc(C)cs2)[nH]1. The number of H-pyrrole nitrogens is 1. The van der Waals surface area contributed by atoms with Crippen LogP contribution in [0.25, 0.3) is 0 Å². The van der Waals surface area contributed by atoms with Crippen molar-refractivity contribution in [1.29, 1.82) is 0 Å². The van der Waals surface area contributed by atoms with Crippen LogP contribution in [0.4, 0.5) is 0 Å². The molecule has 16 heavy (non-hydrogen) atoms. The van der Waals surface area contributed by atoms with Crippen LogP contribution in [-0.4, -0.2) is 21.5 Å². The van der Waals surface area contributed by atoms with Crippen LogP contribution in [0.15, 0.2) is 11.6 Å². The van der Waals surface area contributed by atoms with Crippen molar-refractivity contribution in [3.05, 3.63) is 33.8 Å². The van der Waals surface area contributed by atoms with Gasteiger partial charge in [0.05, 0.1) is 6.42 Å². The standard InChI is InChI=1S/C11H16N4S/c1-3-12-5-9-6-13-10(15-9)4-11-14-8(2)7-16-11/h6-7,12H,3-5H2,1-2H3,(H,13,15). The van der Waals surface area contributed by atoms with Gasteiger partial charge in [0.2, 0.25) is 0 Å². The zero-order valence-corrected chi connectivity index (χ0v) is 10.4. The Morgan fingerprint density at radius 3 is 3.06 bits per heavy atom. The number of hydrogen-bond donors (Lipinski definition) is 2. The van der Waals surface area contributed by atoms with Crippen LogP contribution in [0.2, 0.25) is 0 Å². The van der Waals surface area contributed by atoms with Crippen LogP contribution in [0.5, 0.6) is 0 Å². The summed E-state index contributed by atoms with van der Waals surface area (Å²) in [7, 11) is 0. The summed E-state index contributed by atoms with van der Waals surface area (Å²) in [6.45, 7) is 5.93. The second kappa shape index (κ2) is 5.23. The van der Waals surface area contributed by atoms with Gasteiger partial charge in [-0.3, -0.25) is 0 Å². The number of aromatic nitrogens is 3. The van der Waals surface area contributed by atoms with E-state index >= 15 is 0 Å². The van der Waals surface area contributed by atoms with Gasteiger partial charge in [0.15, 0.2) is 0 Å². The Hall–Kier alpha value is -1.20. The second-order valence-electron chi connectivity index (χ2n) is 3.69. The fourth-order valence-electron chi connectivity index (χ4n) is 1.47. The Balaban J connectivity index is 1.97. The van der Waals surface area contributed by atoms with E-state index in [0.29, 0.717) is 0 Å². The minimum absolute atomic E-state index is 0.796. The number of nitrogens with zero attached hydrogens (tertiary/aromatic N) is 2. The first-order chi connectivity index (χ1) is 7.78. The normalized spacial score (nSPS) is 10.9.